The first-order valence-electron chi connectivity index (χ1n) is 6.03. The molecule has 0 fully saturated rings. The van der Waals surface area contributed by atoms with Crippen molar-refractivity contribution >= 4 is 0 Å². The van der Waals surface area contributed by atoms with E-state index < -0.39 is 6.10 Å². The fourth-order valence-corrected chi connectivity index (χ4v) is 1.54. The van der Waals surface area contributed by atoms with Crippen molar-refractivity contribution in [2.24, 2.45) is 0 Å². The maximum absolute atomic E-state index is 9.69. The summed E-state index contributed by atoms with van der Waals surface area (Å²) < 4.78 is 0. The summed E-state index contributed by atoms with van der Waals surface area (Å²) in [5.74, 6) is 5.94. The van der Waals surface area contributed by atoms with Crippen molar-refractivity contribution in [3.8, 4) is 11.8 Å². The molecule has 0 heterocycles. The predicted molar refractivity (Wildman–Crippen MR) is 68.1 cm³/mol. The normalized spacial score (nSPS) is 11.6. The van der Waals surface area contributed by atoms with Crippen molar-refractivity contribution in [3.63, 3.8) is 0 Å². The molecule has 0 aliphatic carbocycles. The summed E-state index contributed by atoms with van der Waals surface area (Å²) in [6.07, 6.45) is 4.59. The van der Waals surface area contributed by atoms with Crippen LogP contribution in [0.5, 0.6) is 0 Å². The zero-order valence-corrected chi connectivity index (χ0v) is 9.95. The second kappa shape index (κ2) is 7.96. The van der Waals surface area contributed by atoms with Crippen LogP contribution in [0.1, 0.15) is 38.2 Å². The van der Waals surface area contributed by atoms with Gasteiger partial charge in [-0.1, -0.05) is 56.0 Å². The van der Waals surface area contributed by atoms with Crippen molar-refractivity contribution in [2.75, 3.05) is 0 Å². The van der Waals surface area contributed by atoms with Crippen LogP contribution in [0.4, 0.5) is 0 Å². The average Bonchev–Trinajstić information content (AvgIpc) is 2.30. The average molecular weight is 216 g/mol. The molecule has 0 amide bonds. The second-order valence-corrected chi connectivity index (χ2v) is 3.98. The van der Waals surface area contributed by atoms with Gasteiger partial charge >= 0.3 is 0 Å². The molecule has 86 valence electrons. The van der Waals surface area contributed by atoms with Gasteiger partial charge in [0, 0.05) is 12.8 Å². The Labute approximate surface area is 98.5 Å². The standard InChI is InChI=1S/C15H20O/c1-2-3-4-5-9-12-15(16)13-14-10-7-6-8-11-14/h6-8,10-11,15-16H,2-5,13H2,1H3. The van der Waals surface area contributed by atoms with Crippen LogP contribution in [0.2, 0.25) is 0 Å². The van der Waals surface area contributed by atoms with Gasteiger partial charge in [-0.3, -0.25) is 0 Å². The van der Waals surface area contributed by atoms with Crippen LogP contribution in [-0.4, -0.2) is 11.2 Å². The molecule has 1 N–H and O–H groups in total. The lowest BCUT2D eigenvalue weighted by Gasteiger charge is -2.02. The highest BCUT2D eigenvalue weighted by Gasteiger charge is 1.99. The summed E-state index contributed by atoms with van der Waals surface area (Å²) >= 11 is 0. The molecule has 0 saturated heterocycles. The second-order valence-electron chi connectivity index (χ2n) is 3.98. The molecule has 1 rings (SSSR count). The largest absolute Gasteiger partial charge is 0.380 e. The first-order valence-corrected chi connectivity index (χ1v) is 6.03. The molecule has 0 aliphatic rings. The van der Waals surface area contributed by atoms with E-state index in [1.807, 2.05) is 30.3 Å². The predicted octanol–water partition coefficient (Wildman–Crippen LogP) is 3.17. The molecule has 1 aromatic carbocycles. The van der Waals surface area contributed by atoms with Gasteiger partial charge in [0.1, 0.15) is 6.10 Å². The van der Waals surface area contributed by atoms with Crippen molar-refractivity contribution in [1.82, 2.24) is 0 Å². The lowest BCUT2D eigenvalue weighted by Crippen LogP contribution is -2.06. The zero-order valence-electron chi connectivity index (χ0n) is 9.95. The quantitative estimate of drug-likeness (QED) is 0.592. The Morgan fingerprint density at radius 3 is 2.62 bits per heavy atom. The molecule has 1 heteroatoms. The van der Waals surface area contributed by atoms with Crippen LogP contribution in [-0.2, 0) is 6.42 Å². The molecule has 0 bridgehead atoms. The Morgan fingerprint density at radius 1 is 1.19 bits per heavy atom. The number of hydrogen-bond acceptors (Lipinski definition) is 1. The van der Waals surface area contributed by atoms with Crippen molar-refractivity contribution in [2.45, 2.75) is 45.1 Å². The minimum absolute atomic E-state index is 0.524. The lowest BCUT2D eigenvalue weighted by atomic mass is 10.1. The minimum atomic E-state index is -0.524. The monoisotopic (exact) mass is 216 g/mol. The van der Waals surface area contributed by atoms with Gasteiger partial charge in [0.2, 0.25) is 0 Å². The molecule has 0 radical (unpaired) electrons. The number of benzene rings is 1. The fourth-order valence-electron chi connectivity index (χ4n) is 1.54. The maximum atomic E-state index is 9.69. The van der Waals surface area contributed by atoms with E-state index in [0.29, 0.717) is 6.42 Å². The van der Waals surface area contributed by atoms with Gasteiger partial charge in [-0.05, 0) is 12.0 Å². The fraction of sp³-hybridized carbons (Fsp3) is 0.467. The van der Waals surface area contributed by atoms with E-state index in [0.717, 1.165) is 18.4 Å². The third-order valence-electron chi connectivity index (χ3n) is 2.45. The van der Waals surface area contributed by atoms with Gasteiger partial charge < -0.3 is 5.11 Å². The van der Waals surface area contributed by atoms with Gasteiger partial charge in [-0.2, -0.15) is 0 Å². The first-order chi connectivity index (χ1) is 7.83. The summed E-state index contributed by atoms with van der Waals surface area (Å²) in [4.78, 5) is 0. The van der Waals surface area contributed by atoms with E-state index in [4.69, 9.17) is 0 Å². The van der Waals surface area contributed by atoms with E-state index in [9.17, 15) is 5.11 Å². The Bertz CT molecular complexity index is 331. The van der Waals surface area contributed by atoms with Crippen LogP contribution in [0, 0.1) is 11.8 Å². The van der Waals surface area contributed by atoms with Crippen LogP contribution in [0.3, 0.4) is 0 Å². The maximum Gasteiger partial charge on any atom is 0.118 e. The van der Waals surface area contributed by atoms with Crippen molar-refractivity contribution < 1.29 is 5.11 Å². The topological polar surface area (TPSA) is 20.2 Å². The number of unbranched alkanes of at least 4 members (excludes halogenated alkanes) is 3. The van der Waals surface area contributed by atoms with E-state index in [1.54, 1.807) is 0 Å². The number of aliphatic hydroxyl groups excluding tert-OH is 1. The summed E-state index contributed by atoms with van der Waals surface area (Å²) in [7, 11) is 0. The highest BCUT2D eigenvalue weighted by atomic mass is 16.3. The van der Waals surface area contributed by atoms with E-state index in [1.165, 1.54) is 12.8 Å². The van der Waals surface area contributed by atoms with Crippen molar-refractivity contribution in [3.05, 3.63) is 35.9 Å². The van der Waals surface area contributed by atoms with Gasteiger partial charge in [0.05, 0.1) is 0 Å². The SMILES string of the molecule is CCCCCC#CC(O)Cc1ccccc1. The third-order valence-corrected chi connectivity index (χ3v) is 2.45. The van der Waals surface area contributed by atoms with Crippen LogP contribution < -0.4 is 0 Å². The van der Waals surface area contributed by atoms with Crippen LogP contribution >= 0.6 is 0 Å². The molecule has 0 aliphatic heterocycles. The van der Waals surface area contributed by atoms with E-state index >= 15 is 0 Å². The molecular formula is C15H20O. The zero-order chi connectivity index (χ0) is 11.6. The van der Waals surface area contributed by atoms with Crippen LogP contribution in [0.15, 0.2) is 30.3 Å². The molecule has 1 unspecified atom stereocenters. The Hall–Kier alpha value is -1.26. The molecule has 0 spiro atoms. The highest BCUT2D eigenvalue weighted by Crippen LogP contribution is 2.02. The summed E-state index contributed by atoms with van der Waals surface area (Å²) in [5.41, 5.74) is 1.14. The van der Waals surface area contributed by atoms with Crippen molar-refractivity contribution in [1.29, 1.82) is 0 Å². The van der Waals surface area contributed by atoms with Gasteiger partial charge in [0.15, 0.2) is 0 Å². The molecule has 16 heavy (non-hydrogen) atoms. The summed E-state index contributed by atoms with van der Waals surface area (Å²) in [6.45, 7) is 2.18. The van der Waals surface area contributed by atoms with Crippen LogP contribution in [0.25, 0.3) is 0 Å². The molecule has 1 aromatic rings. The smallest absolute Gasteiger partial charge is 0.118 e. The Balaban J connectivity index is 2.27. The van der Waals surface area contributed by atoms with Gasteiger partial charge in [-0.15, -0.1) is 5.92 Å². The number of hydrogen-bond donors (Lipinski definition) is 1. The third kappa shape index (κ3) is 5.58. The van der Waals surface area contributed by atoms with Gasteiger partial charge in [-0.25, -0.2) is 0 Å². The molecule has 0 aromatic heterocycles. The number of rotatable bonds is 5. The summed E-state index contributed by atoms with van der Waals surface area (Å²) in [6, 6.07) is 9.98. The molecular weight excluding hydrogens is 196 g/mol. The molecule has 1 nitrogen and oxygen atoms in total. The Kier molecular flexibility index (Phi) is 6.37. The molecule has 0 saturated carbocycles. The first kappa shape index (κ1) is 12.8. The Morgan fingerprint density at radius 2 is 1.94 bits per heavy atom. The van der Waals surface area contributed by atoms with E-state index in [2.05, 4.69) is 18.8 Å². The highest BCUT2D eigenvalue weighted by molar-refractivity contribution is 5.18. The minimum Gasteiger partial charge on any atom is -0.380 e. The van der Waals surface area contributed by atoms with Gasteiger partial charge in [0.25, 0.3) is 0 Å². The lowest BCUT2D eigenvalue weighted by molar-refractivity contribution is 0.233. The molecule has 1 atom stereocenters. The van der Waals surface area contributed by atoms with E-state index in [-0.39, 0.29) is 0 Å². The number of aliphatic hydroxyl groups is 1. The summed E-state index contributed by atoms with van der Waals surface area (Å²) in [5, 5.41) is 9.69.